The molecule has 2 aromatic rings. The minimum atomic E-state index is -4.37. The SMILES string of the molecule is CCCn1ccnc1Cc1ccc(C(F)(F)F)cc1N. The van der Waals surface area contributed by atoms with Gasteiger partial charge in [-0.3, -0.25) is 0 Å². The van der Waals surface area contributed by atoms with Crippen molar-refractivity contribution in [1.29, 1.82) is 0 Å². The van der Waals surface area contributed by atoms with E-state index in [1.54, 1.807) is 6.20 Å². The van der Waals surface area contributed by atoms with Gasteiger partial charge in [0, 0.05) is 31.0 Å². The molecule has 0 fully saturated rings. The molecule has 3 nitrogen and oxygen atoms in total. The highest BCUT2D eigenvalue weighted by molar-refractivity contribution is 5.51. The lowest BCUT2D eigenvalue weighted by molar-refractivity contribution is -0.137. The number of anilines is 1. The van der Waals surface area contributed by atoms with Crippen LogP contribution >= 0.6 is 0 Å². The Balaban J connectivity index is 2.24. The second kappa shape index (κ2) is 5.56. The summed E-state index contributed by atoms with van der Waals surface area (Å²) in [6.45, 7) is 2.88. The monoisotopic (exact) mass is 283 g/mol. The molecule has 2 rings (SSSR count). The van der Waals surface area contributed by atoms with E-state index in [2.05, 4.69) is 11.9 Å². The summed E-state index contributed by atoms with van der Waals surface area (Å²) in [6.07, 6.45) is 0.570. The van der Waals surface area contributed by atoms with Gasteiger partial charge in [-0.1, -0.05) is 13.0 Å². The highest BCUT2D eigenvalue weighted by Crippen LogP contribution is 2.31. The van der Waals surface area contributed by atoms with Crippen molar-refractivity contribution in [1.82, 2.24) is 9.55 Å². The highest BCUT2D eigenvalue weighted by atomic mass is 19.4. The van der Waals surface area contributed by atoms with Crippen molar-refractivity contribution in [2.75, 3.05) is 5.73 Å². The first-order chi connectivity index (χ1) is 9.41. The Kier molecular flexibility index (Phi) is 4.01. The molecule has 0 aliphatic heterocycles. The van der Waals surface area contributed by atoms with Crippen molar-refractivity contribution in [2.45, 2.75) is 32.5 Å². The van der Waals surface area contributed by atoms with Crippen LogP contribution in [-0.2, 0) is 19.1 Å². The summed E-state index contributed by atoms with van der Waals surface area (Å²) in [5.41, 5.74) is 5.79. The summed E-state index contributed by atoms with van der Waals surface area (Å²) >= 11 is 0. The fourth-order valence-corrected chi connectivity index (χ4v) is 2.05. The van der Waals surface area contributed by atoms with Crippen LogP contribution in [0, 0.1) is 0 Å². The fraction of sp³-hybridized carbons (Fsp3) is 0.357. The lowest BCUT2D eigenvalue weighted by Crippen LogP contribution is -2.08. The van der Waals surface area contributed by atoms with Gasteiger partial charge >= 0.3 is 6.18 Å². The minimum Gasteiger partial charge on any atom is -0.398 e. The molecule has 0 aliphatic carbocycles. The number of benzene rings is 1. The number of nitrogens with zero attached hydrogens (tertiary/aromatic N) is 2. The molecule has 20 heavy (non-hydrogen) atoms. The molecule has 6 heteroatoms. The van der Waals surface area contributed by atoms with Crippen molar-refractivity contribution in [3.8, 4) is 0 Å². The van der Waals surface area contributed by atoms with Gasteiger partial charge in [0.2, 0.25) is 0 Å². The van der Waals surface area contributed by atoms with Crippen LogP contribution < -0.4 is 5.73 Å². The first-order valence-corrected chi connectivity index (χ1v) is 6.37. The third kappa shape index (κ3) is 3.12. The molecule has 0 saturated carbocycles. The first-order valence-electron chi connectivity index (χ1n) is 6.37. The van der Waals surface area contributed by atoms with Crippen LogP contribution in [0.1, 0.15) is 30.3 Å². The van der Waals surface area contributed by atoms with E-state index in [-0.39, 0.29) is 5.69 Å². The van der Waals surface area contributed by atoms with Gasteiger partial charge in [0.1, 0.15) is 5.82 Å². The maximum Gasteiger partial charge on any atom is 0.416 e. The zero-order valence-electron chi connectivity index (χ0n) is 11.1. The second-order valence-corrected chi connectivity index (χ2v) is 4.62. The van der Waals surface area contributed by atoms with E-state index in [1.807, 2.05) is 10.8 Å². The predicted molar refractivity (Wildman–Crippen MR) is 71.2 cm³/mol. The summed E-state index contributed by atoms with van der Waals surface area (Å²) in [6, 6.07) is 3.45. The number of halogens is 3. The molecule has 108 valence electrons. The molecule has 0 aliphatic rings. The Morgan fingerprint density at radius 1 is 1.30 bits per heavy atom. The quantitative estimate of drug-likeness (QED) is 0.873. The van der Waals surface area contributed by atoms with Crippen LogP contribution in [0.4, 0.5) is 18.9 Å². The number of nitrogen functional groups attached to an aromatic ring is 1. The minimum absolute atomic E-state index is 0.144. The van der Waals surface area contributed by atoms with Crippen LogP contribution in [0.25, 0.3) is 0 Å². The molecule has 0 amide bonds. The number of rotatable bonds is 4. The molecule has 0 radical (unpaired) electrons. The molecule has 0 saturated heterocycles. The van der Waals surface area contributed by atoms with Gasteiger partial charge in [0.05, 0.1) is 5.56 Å². The van der Waals surface area contributed by atoms with Gasteiger partial charge in [-0.2, -0.15) is 13.2 Å². The maximum absolute atomic E-state index is 12.6. The topological polar surface area (TPSA) is 43.8 Å². The van der Waals surface area contributed by atoms with Crippen LogP contribution in [0.3, 0.4) is 0 Å². The van der Waals surface area contributed by atoms with Crippen molar-refractivity contribution >= 4 is 5.69 Å². The van der Waals surface area contributed by atoms with Crippen LogP contribution in [-0.4, -0.2) is 9.55 Å². The second-order valence-electron chi connectivity index (χ2n) is 4.62. The molecule has 0 spiro atoms. The summed E-state index contributed by atoms with van der Waals surface area (Å²) in [5, 5.41) is 0. The fourth-order valence-electron chi connectivity index (χ4n) is 2.05. The average Bonchev–Trinajstić information content (AvgIpc) is 2.78. The van der Waals surface area contributed by atoms with Gasteiger partial charge in [-0.25, -0.2) is 4.98 Å². The zero-order chi connectivity index (χ0) is 14.8. The Morgan fingerprint density at radius 3 is 2.65 bits per heavy atom. The largest absolute Gasteiger partial charge is 0.416 e. The van der Waals surface area contributed by atoms with E-state index >= 15 is 0 Å². The summed E-state index contributed by atoms with van der Waals surface area (Å²) in [7, 11) is 0. The van der Waals surface area contributed by atoms with E-state index in [4.69, 9.17) is 5.73 Å². The summed E-state index contributed by atoms with van der Waals surface area (Å²) in [4.78, 5) is 4.23. The van der Waals surface area contributed by atoms with E-state index < -0.39 is 11.7 Å². The number of hydrogen-bond donors (Lipinski definition) is 1. The van der Waals surface area contributed by atoms with Gasteiger partial charge in [0.25, 0.3) is 0 Å². The van der Waals surface area contributed by atoms with Gasteiger partial charge in [-0.05, 0) is 24.1 Å². The molecule has 1 aromatic carbocycles. The van der Waals surface area contributed by atoms with E-state index in [1.165, 1.54) is 6.07 Å². The van der Waals surface area contributed by atoms with Crippen molar-refractivity contribution in [3.63, 3.8) is 0 Å². The molecular formula is C14H16F3N3. The molecule has 1 heterocycles. The molecule has 0 unspecified atom stereocenters. The van der Waals surface area contributed by atoms with Crippen LogP contribution in [0.2, 0.25) is 0 Å². The smallest absolute Gasteiger partial charge is 0.398 e. The number of imidazole rings is 1. The molecule has 0 bridgehead atoms. The third-order valence-corrected chi connectivity index (χ3v) is 3.09. The predicted octanol–water partition coefficient (Wildman–Crippen LogP) is 3.48. The number of alkyl halides is 3. The number of hydrogen-bond acceptors (Lipinski definition) is 2. The highest BCUT2D eigenvalue weighted by Gasteiger charge is 2.30. The van der Waals surface area contributed by atoms with Crippen molar-refractivity contribution in [3.05, 3.63) is 47.5 Å². The third-order valence-electron chi connectivity index (χ3n) is 3.09. The molecule has 1 aromatic heterocycles. The van der Waals surface area contributed by atoms with E-state index in [0.29, 0.717) is 12.0 Å². The molecule has 2 N–H and O–H groups in total. The van der Waals surface area contributed by atoms with Crippen molar-refractivity contribution in [2.24, 2.45) is 0 Å². The van der Waals surface area contributed by atoms with Gasteiger partial charge < -0.3 is 10.3 Å². The number of nitrogens with two attached hydrogens (primary N) is 1. The Hall–Kier alpha value is -1.98. The van der Waals surface area contributed by atoms with Crippen molar-refractivity contribution < 1.29 is 13.2 Å². The lowest BCUT2D eigenvalue weighted by atomic mass is 10.1. The lowest BCUT2D eigenvalue weighted by Gasteiger charge is -2.11. The summed E-state index contributed by atoms with van der Waals surface area (Å²) < 4.78 is 39.7. The zero-order valence-corrected chi connectivity index (χ0v) is 11.1. The van der Waals surface area contributed by atoms with E-state index in [9.17, 15) is 13.2 Å². The van der Waals surface area contributed by atoms with Crippen LogP contribution in [0.5, 0.6) is 0 Å². The normalized spacial score (nSPS) is 11.8. The van der Waals surface area contributed by atoms with Crippen LogP contribution in [0.15, 0.2) is 30.6 Å². The number of aryl methyl sites for hydroxylation is 1. The number of aromatic nitrogens is 2. The Morgan fingerprint density at radius 2 is 2.05 bits per heavy atom. The standard InChI is InChI=1S/C14H16F3N3/c1-2-6-20-7-5-19-13(20)8-10-3-4-11(9-12(10)18)14(15,16)17/h3-5,7,9H,2,6,8,18H2,1H3. The Labute approximate surface area is 115 Å². The maximum atomic E-state index is 12.6. The molecule has 0 atom stereocenters. The van der Waals surface area contributed by atoms with Gasteiger partial charge in [-0.15, -0.1) is 0 Å². The summed E-state index contributed by atoms with van der Waals surface area (Å²) in [5.74, 6) is 0.804. The average molecular weight is 283 g/mol. The molecular weight excluding hydrogens is 267 g/mol. The van der Waals surface area contributed by atoms with E-state index in [0.717, 1.165) is 30.9 Å². The Bertz CT molecular complexity index is 588. The first kappa shape index (κ1) is 14.4. The van der Waals surface area contributed by atoms with Gasteiger partial charge in [0.15, 0.2) is 0 Å².